The number of fused-ring (bicyclic) bond motifs is 3. The molecule has 2 aromatic heterocycles. The number of imidazole rings is 1. The van der Waals surface area contributed by atoms with Crippen LogP contribution in [0.1, 0.15) is 47.9 Å². The molecule has 9 nitrogen and oxygen atoms in total. The number of anilines is 1. The van der Waals surface area contributed by atoms with Crippen molar-refractivity contribution in [2.45, 2.75) is 45.7 Å². The van der Waals surface area contributed by atoms with Gasteiger partial charge in [0.15, 0.2) is 11.8 Å². The van der Waals surface area contributed by atoms with E-state index in [-0.39, 0.29) is 36.7 Å². The molecule has 0 saturated heterocycles. The summed E-state index contributed by atoms with van der Waals surface area (Å²) in [7, 11) is 0. The number of nitrogen functional groups attached to an aromatic ring is 1. The van der Waals surface area contributed by atoms with Crippen LogP contribution in [0.25, 0.3) is 21.9 Å². The molecule has 7 N–H and O–H groups in total. The van der Waals surface area contributed by atoms with E-state index in [1.807, 2.05) is 30.3 Å². The number of rotatable bonds is 10. The number of nitrogens with two attached hydrogens (primary N) is 3. The molecule has 0 unspecified atom stereocenters. The second-order valence-electron chi connectivity index (χ2n) is 8.54. The molecule has 198 valence electrons. The molecule has 0 atom stereocenters. The van der Waals surface area contributed by atoms with Crippen molar-refractivity contribution >= 4 is 64.4 Å². The lowest BCUT2D eigenvalue weighted by molar-refractivity contribution is 0.0953. The highest BCUT2D eigenvalue weighted by Gasteiger charge is 2.16. The van der Waals surface area contributed by atoms with E-state index in [2.05, 4.69) is 32.9 Å². The number of nitrogens with one attached hydrogen (secondary N) is 1. The fraction of sp³-hybridized carbons (Fsp3) is 0.308. The monoisotopic (exact) mass is 544 g/mol. The highest BCUT2D eigenvalue weighted by molar-refractivity contribution is 6.06. The number of aliphatic imine (C=N–C) groups is 1. The number of aryl methyl sites for hydroxylation is 2. The van der Waals surface area contributed by atoms with Crippen LogP contribution in [-0.2, 0) is 19.5 Å². The lowest BCUT2D eigenvalue weighted by atomic mass is 10.1. The van der Waals surface area contributed by atoms with E-state index in [4.69, 9.17) is 22.2 Å². The average Bonchev–Trinajstić information content (AvgIpc) is 3.22. The SMILES string of the molecule is CCCc1nc2c(N)nc3ccccc3c2n1CCCCNC(=O)c1ccc(CN=C(N)N)cc1.Cl.Cl. The lowest BCUT2D eigenvalue weighted by Gasteiger charge is -2.11. The van der Waals surface area contributed by atoms with Crippen molar-refractivity contribution in [2.24, 2.45) is 16.5 Å². The third kappa shape index (κ3) is 7.02. The molecular weight excluding hydrogens is 511 g/mol. The zero-order chi connectivity index (χ0) is 24.8. The van der Waals surface area contributed by atoms with Crippen molar-refractivity contribution in [2.75, 3.05) is 12.3 Å². The normalized spacial score (nSPS) is 10.5. The highest BCUT2D eigenvalue weighted by Crippen LogP contribution is 2.29. The van der Waals surface area contributed by atoms with E-state index in [0.29, 0.717) is 24.5 Å². The quantitative estimate of drug-likeness (QED) is 0.135. The van der Waals surface area contributed by atoms with Gasteiger partial charge < -0.3 is 27.1 Å². The summed E-state index contributed by atoms with van der Waals surface area (Å²) in [6.07, 6.45) is 3.61. The fourth-order valence-corrected chi connectivity index (χ4v) is 4.20. The van der Waals surface area contributed by atoms with Gasteiger partial charge in [0, 0.05) is 30.5 Å². The maximum absolute atomic E-state index is 12.5. The van der Waals surface area contributed by atoms with Crippen LogP contribution >= 0.6 is 24.8 Å². The molecule has 0 aliphatic heterocycles. The molecule has 0 radical (unpaired) electrons. The first kappa shape index (κ1) is 29.7. The van der Waals surface area contributed by atoms with Crippen LogP contribution in [0.4, 0.5) is 5.82 Å². The lowest BCUT2D eigenvalue weighted by Crippen LogP contribution is -2.24. The molecule has 0 aliphatic rings. The van der Waals surface area contributed by atoms with Gasteiger partial charge in [0.25, 0.3) is 5.91 Å². The number of nitrogens with zero attached hydrogens (tertiary/aromatic N) is 4. The van der Waals surface area contributed by atoms with Crippen molar-refractivity contribution < 1.29 is 4.79 Å². The minimum atomic E-state index is -0.0945. The van der Waals surface area contributed by atoms with Crippen LogP contribution in [0.5, 0.6) is 0 Å². The van der Waals surface area contributed by atoms with Crippen molar-refractivity contribution in [3.8, 4) is 0 Å². The first-order chi connectivity index (χ1) is 17.0. The van der Waals surface area contributed by atoms with Gasteiger partial charge in [-0.3, -0.25) is 4.79 Å². The van der Waals surface area contributed by atoms with Crippen LogP contribution < -0.4 is 22.5 Å². The Labute approximate surface area is 228 Å². The number of carbonyl (C=O) groups excluding carboxylic acids is 1. The van der Waals surface area contributed by atoms with Crippen LogP contribution in [0.15, 0.2) is 53.5 Å². The maximum atomic E-state index is 12.5. The van der Waals surface area contributed by atoms with E-state index in [1.54, 1.807) is 12.1 Å². The Morgan fingerprint density at radius 2 is 1.76 bits per heavy atom. The summed E-state index contributed by atoms with van der Waals surface area (Å²) in [4.78, 5) is 25.8. The van der Waals surface area contributed by atoms with Gasteiger partial charge in [-0.2, -0.15) is 0 Å². The molecule has 0 aliphatic carbocycles. The minimum absolute atomic E-state index is 0. The van der Waals surface area contributed by atoms with Crippen LogP contribution in [0.3, 0.4) is 0 Å². The van der Waals surface area contributed by atoms with Crippen LogP contribution in [-0.4, -0.2) is 32.9 Å². The predicted molar refractivity (Wildman–Crippen MR) is 155 cm³/mol. The second kappa shape index (κ2) is 13.7. The molecule has 0 fully saturated rings. The molecule has 0 spiro atoms. The topological polar surface area (TPSA) is 150 Å². The molecule has 4 aromatic rings. The van der Waals surface area contributed by atoms with Crippen LogP contribution in [0.2, 0.25) is 0 Å². The third-order valence-corrected chi connectivity index (χ3v) is 5.92. The van der Waals surface area contributed by atoms with Gasteiger partial charge in [-0.1, -0.05) is 37.3 Å². The number of aromatic nitrogens is 3. The summed E-state index contributed by atoms with van der Waals surface area (Å²) < 4.78 is 2.27. The smallest absolute Gasteiger partial charge is 0.251 e. The largest absolute Gasteiger partial charge is 0.382 e. The van der Waals surface area contributed by atoms with Gasteiger partial charge in [-0.25, -0.2) is 15.0 Å². The number of carbonyl (C=O) groups is 1. The van der Waals surface area contributed by atoms with Crippen molar-refractivity contribution in [3.05, 3.63) is 65.5 Å². The third-order valence-electron chi connectivity index (χ3n) is 5.92. The fourth-order valence-electron chi connectivity index (χ4n) is 4.20. The number of hydrogen-bond donors (Lipinski definition) is 4. The molecule has 11 heteroatoms. The van der Waals surface area contributed by atoms with E-state index >= 15 is 0 Å². The first-order valence-electron chi connectivity index (χ1n) is 11.9. The molecule has 1 amide bonds. The zero-order valence-electron chi connectivity index (χ0n) is 20.8. The number of unbranched alkanes of at least 4 members (excludes halogenated alkanes) is 1. The molecule has 0 bridgehead atoms. The number of benzene rings is 2. The van der Waals surface area contributed by atoms with Gasteiger partial charge >= 0.3 is 0 Å². The Balaban J connectivity index is 0.00000241. The van der Waals surface area contributed by atoms with Gasteiger partial charge in [-0.15, -0.1) is 24.8 Å². The number of pyridine rings is 1. The van der Waals surface area contributed by atoms with Crippen molar-refractivity contribution in [1.82, 2.24) is 19.9 Å². The molecule has 4 rings (SSSR count). The van der Waals surface area contributed by atoms with E-state index in [0.717, 1.165) is 65.6 Å². The number of halogens is 2. The summed E-state index contributed by atoms with van der Waals surface area (Å²) in [5.41, 5.74) is 21.2. The summed E-state index contributed by atoms with van der Waals surface area (Å²) in [5.74, 6) is 1.44. The molecule has 37 heavy (non-hydrogen) atoms. The predicted octanol–water partition coefficient (Wildman–Crippen LogP) is 3.95. The Bertz CT molecular complexity index is 1360. The second-order valence-corrected chi connectivity index (χ2v) is 8.54. The molecule has 0 saturated carbocycles. The highest BCUT2D eigenvalue weighted by atomic mass is 35.5. The number of amides is 1. The van der Waals surface area contributed by atoms with Gasteiger partial charge in [0.2, 0.25) is 0 Å². The maximum Gasteiger partial charge on any atom is 0.251 e. The first-order valence-corrected chi connectivity index (χ1v) is 11.9. The minimum Gasteiger partial charge on any atom is -0.382 e. The number of hydrogen-bond acceptors (Lipinski definition) is 5. The Morgan fingerprint density at radius 1 is 1.03 bits per heavy atom. The Morgan fingerprint density at radius 3 is 2.46 bits per heavy atom. The molecular formula is C26H34Cl2N8O. The van der Waals surface area contributed by atoms with Crippen molar-refractivity contribution in [3.63, 3.8) is 0 Å². The summed E-state index contributed by atoms with van der Waals surface area (Å²) in [6, 6.07) is 15.3. The number of guanidine groups is 1. The van der Waals surface area contributed by atoms with Crippen molar-refractivity contribution in [1.29, 1.82) is 0 Å². The summed E-state index contributed by atoms with van der Waals surface area (Å²) in [6.45, 7) is 3.93. The summed E-state index contributed by atoms with van der Waals surface area (Å²) >= 11 is 0. The van der Waals surface area contributed by atoms with Crippen LogP contribution in [0, 0.1) is 0 Å². The van der Waals surface area contributed by atoms with E-state index in [1.165, 1.54) is 0 Å². The van der Waals surface area contributed by atoms with Gasteiger partial charge in [0.1, 0.15) is 11.3 Å². The van der Waals surface area contributed by atoms with Gasteiger partial charge in [-0.05, 0) is 43.0 Å². The molecule has 2 aromatic carbocycles. The van der Waals surface area contributed by atoms with E-state index < -0.39 is 0 Å². The standard InChI is InChI=1S/C26H32N8O.2ClH/c1-2-7-21-33-22-23(19-8-3-4-9-20(19)32-24(22)27)34(21)15-6-5-14-30-25(35)18-12-10-17(11-13-18)16-31-26(28)29;;/h3-4,8-13H,2,5-7,14-16H2,1H3,(H2,27,32)(H,30,35)(H4,28,29,31);2*1H. The number of para-hydroxylation sites is 1. The van der Waals surface area contributed by atoms with Gasteiger partial charge in [0.05, 0.1) is 17.6 Å². The summed E-state index contributed by atoms with van der Waals surface area (Å²) in [5, 5.41) is 4.06. The zero-order valence-corrected chi connectivity index (χ0v) is 22.4. The molecule has 2 heterocycles. The van der Waals surface area contributed by atoms with E-state index in [9.17, 15) is 4.79 Å². The average molecular weight is 546 g/mol. The Kier molecular flexibility index (Phi) is 11.0. The Hall–Kier alpha value is -3.56.